The summed E-state index contributed by atoms with van der Waals surface area (Å²) in [6.07, 6.45) is -1.19. The summed E-state index contributed by atoms with van der Waals surface area (Å²) in [6.45, 7) is 1.01. The van der Waals surface area contributed by atoms with Crippen LogP contribution in [0.1, 0.15) is 0 Å². The second-order valence-electron chi connectivity index (χ2n) is 9.77. The van der Waals surface area contributed by atoms with Crippen LogP contribution in [0.4, 0.5) is 33.3 Å². The van der Waals surface area contributed by atoms with E-state index in [1.807, 2.05) is 0 Å². The number of aromatic nitrogens is 3. The third-order valence-electron chi connectivity index (χ3n) is 6.72. The Hall–Kier alpha value is 0.560. The molecular weight excluding hydrogens is 1090 g/mol. The van der Waals surface area contributed by atoms with Crippen LogP contribution in [0.2, 0.25) is 0 Å². The number of morpholine rings is 1. The van der Waals surface area contributed by atoms with Gasteiger partial charge in [-0.15, -0.1) is 9.45 Å². The van der Waals surface area contributed by atoms with E-state index >= 15 is 0 Å². The molecule has 0 bridgehead atoms. The van der Waals surface area contributed by atoms with Crippen molar-refractivity contribution in [2.75, 3.05) is 48.9 Å². The van der Waals surface area contributed by atoms with Crippen molar-refractivity contribution in [2.24, 2.45) is 10.2 Å². The first-order valence-electron chi connectivity index (χ1n) is 14.4. The summed E-state index contributed by atoms with van der Waals surface area (Å²) < 4.78 is 102. The number of phenols is 1. The second kappa shape index (κ2) is 26.8. The van der Waals surface area contributed by atoms with Crippen LogP contribution in [0.5, 0.6) is 5.75 Å². The SMILES string of the molecule is O=S(=O)([O-])c1c(Nc2nc(F)nc(N3CCOCC3)n2)ccc2c(O)c(N=Nc3ccc(S(=O)(=O)CCOSOO[O-])cc3)c(SOO[O-])cc12.[3H][I-]I.[Na+].[Na+].[Na+]. The first-order valence-corrected chi connectivity index (χ1v) is 24.7. The molecule has 31 heteroatoms. The molecule has 56 heavy (non-hydrogen) atoms. The average molecular weight is 1120 g/mol. The number of ether oxygens (including phenoxy) is 1. The molecule has 5 rings (SSSR count). The molecule has 0 atom stereocenters. The number of azo groups is 1. The first-order chi connectivity index (χ1) is 25.8. The van der Waals surface area contributed by atoms with Gasteiger partial charge in [0.1, 0.15) is 15.8 Å². The van der Waals surface area contributed by atoms with Gasteiger partial charge >= 0.3 is 132 Å². The Labute approximate surface area is 416 Å². The van der Waals surface area contributed by atoms with Gasteiger partial charge in [-0.3, -0.25) is 14.3 Å². The fraction of sp³-hybridized carbons (Fsp3) is 0.240. The Morgan fingerprint density at radius 1 is 1.02 bits per heavy atom. The van der Waals surface area contributed by atoms with E-state index in [0.717, 1.165) is 12.1 Å². The molecule has 0 aliphatic carbocycles. The average Bonchev–Trinajstić information content (AvgIpc) is 3.13. The fourth-order valence-electron chi connectivity index (χ4n) is 4.55. The molecule has 0 unspecified atom stereocenters. The minimum atomic E-state index is -5.36. The van der Waals surface area contributed by atoms with Crippen molar-refractivity contribution in [2.45, 2.75) is 14.7 Å². The van der Waals surface area contributed by atoms with Crippen molar-refractivity contribution in [3.63, 3.8) is 0 Å². The van der Waals surface area contributed by atoms with Crippen LogP contribution >= 0.6 is 43.0 Å². The number of benzene rings is 3. The van der Waals surface area contributed by atoms with Crippen molar-refractivity contribution < 1.29 is 176 Å². The number of nitrogens with zero attached hydrogens (tertiary/aromatic N) is 6. The number of hydrogen-bond acceptors (Lipinski definition) is 23. The second-order valence-corrected chi connectivity index (χ2v) is 14.5. The molecule has 1 aliphatic rings. The minimum absolute atomic E-state index is 0. The smallest absolute Gasteiger partial charge is 1.00 e. The summed E-state index contributed by atoms with van der Waals surface area (Å²) in [5.41, 5.74) is -0.682. The molecule has 3 aromatic carbocycles. The number of nitrogens with one attached hydrogen (secondary N) is 1. The number of phenolic OH excluding ortho intramolecular Hbond substituents is 1. The predicted molar refractivity (Wildman–Crippen MR) is 182 cm³/mol. The van der Waals surface area contributed by atoms with E-state index in [1.165, 1.54) is 30.3 Å². The van der Waals surface area contributed by atoms with E-state index < -0.39 is 54.1 Å². The van der Waals surface area contributed by atoms with Crippen LogP contribution in [0.3, 0.4) is 0 Å². The van der Waals surface area contributed by atoms with Crippen LogP contribution in [-0.4, -0.2) is 80.7 Å². The summed E-state index contributed by atoms with van der Waals surface area (Å²) in [6, 6.07) is 8.32. The molecule has 0 spiro atoms. The fourth-order valence-corrected chi connectivity index (χ4v) is 7.26. The molecule has 1 aromatic heterocycles. The van der Waals surface area contributed by atoms with Crippen molar-refractivity contribution in [3.8, 4) is 5.75 Å². The summed E-state index contributed by atoms with van der Waals surface area (Å²) in [5.74, 6) is -1.70. The van der Waals surface area contributed by atoms with E-state index in [1.54, 1.807) is 4.90 Å². The number of halogens is 3. The number of rotatable bonds is 16. The first kappa shape index (κ1) is 52.7. The molecule has 4 aromatic rings. The molecule has 290 valence electrons. The Morgan fingerprint density at radius 2 is 1.68 bits per heavy atom. The maximum Gasteiger partial charge on any atom is 1.00 e. The van der Waals surface area contributed by atoms with Gasteiger partial charge in [0.05, 0.1) is 63.7 Å². The van der Waals surface area contributed by atoms with E-state index in [-0.39, 0.29) is 176 Å². The van der Waals surface area contributed by atoms with E-state index in [0.29, 0.717) is 26.3 Å². The normalized spacial score (nSPS) is 13.2. The van der Waals surface area contributed by atoms with Crippen LogP contribution in [0, 0.1) is 6.08 Å². The zero-order chi connectivity index (χ0) is 39.3. The molecule has 2 heterocycles. The van der Waals surface area contributed by atoms with Gasteiger partial charge in [-0.2, -0.15) is 28.8 Å². The van der Waals surface area contributed by atoms with Gasteiger partial charge in [-0.1, -0.05) is 0 Å². The van der Waals surface area contributed by atoms with Crippen LogP contribution in [-0.2, 0) is 47.6 Å². The number of anilines is 3. The standard InChI is InChI=1S/C25H24FN7O14S4.HI2.3Na/c26-23-28-24(30-25(29-23)33-7-9-42-10-8-33)27-18-6-5-16-17(22(18)51(39,40)41)13-19(48-46-44-35)20(21(16)34)32-31-14-1-3-15(4-2-14)50(37,38)12-11-43-49-47-45-36;1-2;;;/h1-6,13,34-36H,7-12H2,(H,39,40,41)(H,27,28,29,30);1H;;;/q;-1;3*+1/p-3/i;1T;;;. The maximum atomic E-state index is 14.4. The van der Waals surface area contributed by atoms with Gasteiger partial charge in [0.25, 0.3) is 0 Å². The molecule has 21 nitrogen and oxygen atoms in total. The zero-order valence-corrected chi connectivity index (χ0v) is 42.6. The summed E-state index contributed by atoms with van der Waals surface area (Å²) in [7, 11) is -9.20. The molecular formula is C25H22FI2N7Na3O14S4-. The van der Waals surface area contributed by atoms with E-state index in [4.69, 9.17) is 9.51 Å². The molecule has 1 saturated heterocycles. The minimum Gasteiger partial charge on any atom is 1.00 e. The van der Waals surface area contributed by atoms with Crippen LogP contribution in [0.25, 0.3) is 10.8 Å². The predicted octanol–water partition coefficient (Wildman–Crippen LogP) is -9.79. The largest absolute Gasteiger partial charge is 1.00 e. The molecule has 1 fully saturated rings. The Kier molecular flexibility index (Phi) is 25.2. The summed E-state index contributed by atoms with van der Waals surface area (Å²) in [4.78, 5) is 11.7. The maximum absolute atomic E-state index is 14.4. The topological polar surface area (TPSA) is 292 Å². The van der Waals surface area contributed by atoms with Crippen molar-refractivity contribution in [3.05, 3.63) is 48.5 Å². The van der Waals surface area contributed by atoms with Gasteiger partial charge < -0.3 is 35.1 Å². The third kappa shape index (κ3) is 15.5. The quantitative estimate of drug-likeness (QED) is 0.0154. The zero-order valence-electron chi connectivity index (χ0n) is 30.0. The number of sulfone groups is 1. The van der Waals surface area contributed by atoms with Crippen molar-refractivity contribution in [1.29, 1.82) is 0.594 Å². The summed E-state index contributed by atoms with van der Waals surface area (Å²) >= 11 is 2.22. The number of hydrogen-bond donors (Lipinski definition) is 2. The Balaban J connectivity index is 0.00000262. The monoisotopic (exact) mass is 1120 g/mol. The van der Waals surface area contributed by atoms with Gasteiger partial charge in [-0.05, 0) is 42.5 Å². The summed E-state index contributed by atoms with van der Waals surface area (Å²) in [5, 5.41) is 47.9. The Bertz CT molecular complexity index is 2160. The van der Waals surface area contributed by atoms with Crippen molar-refractivity contribution >= 4 is 103 Å². The van der Waals surface area contributed by atoms with Crippen molar-refractivity contribution in [1.82, 2.24) is 15.0 Å². The van der Waals surface area contributed by atoms with Gasteiger partial charge in [0, 0.05) is 23.9 Å². The van der Waals surface area contributed by atoms with E-state index in [9.17, 15) is 41.4 Å². The molecule has 0 saturated carbocycles. The molecule has 0 radical (unpaired) electrons. The van der Waals surface area contributed by atoms with Crippen LogP contribution in [0.15, 0.2) is 67.4 Å². The van der Waals surface area contributed by atoms with E-state index in [2.05, 4.69) is 67.9 Å². The Morgan fingerprint density at radius 3 is 2.30 bits per heavy atom. The van der Waals surface area contributed by atoms with Crippen LogP contribution < -0.4 is 128 Å². The third-order valence-corrected chi connectivity index (χ3v) is 10.3. The van der Waals surface area contributed by atoms with Gasteiger partial charge in [0.15, 0.2) is 27.9 Å². The number of aromatic hydroxyl groups is 1. The van der Waals surface area contributed by atoms with Gasteiger partial charge in [-0.25, -0.2) is 16.8 Å². The molecule has 2 N–H and O–H groups in total. The molecule has 1 aliphatic heterocycles. The number of fused-ring (bicyclic) bond motifs is 1. The van der Waals surface area contributed by atoms with Gasteiger partial charge in [0.2, 0.25) is 11.9 Å². The molecule has 0 amide bonds.